The summed E-state index contributed by atoms with van der Waals surface area (Å²) in [5, 5.41) is 10.5. The predicted molar refractivity (Wildman–Crippen MR) is 80.5 cm³/mol. The Hall–Kier alpha value is -2.42. The van der Waals surface area contributed by atoms with Crippen LogP contribution in [0.1, 0.15) is 20.8 Å². The van der Waals surface area contributed by atoms with E-state index >= 15 is 0 Å². The summed E-state index contributed by atoms with van der Waals surface area (Å²) in [7, 11) is 0. The lowest BCUT2D eigenvalue weighted by atomic mass is 10.2. The molecule has 1 amide bonds. The number of nitrogens with zero attached hydrogens (tertiary/aromatic N) is 4. The minimum Gasteiger partial charge on any atom is -0.358 e. The van der Waals surface area contributed by atoms with Gasteiger partial charge in [0.25, 0.3) is 0 Å². The molecule has 0 aliphatic rings. The van der Waals surface area contributed by atoms with Gasteiger partial charge in [0, 0.05) is 13.1 Å². The molecule has 0 radical (unpaired) electrons. The summed E-state index contributed by atoms with van der Waals surface area (Å²) in [6.45, 7) is 7.03. The van der Waals surface area contributed by atoms with Crippen molar-refractivity contribution >= 4 is 28.7 Å². The number of aromatic nitrogens is 4. The molecule has 0 saturated carbocycles. The number of H-pyrrole nitrogens is 1. The van der Waals surface area contributed by atoms with E-state index in [1.54, 1.807) is 18.0 Å². The van der Waals surface area contributed by atoms with Gasteiger partial charge in [-0.05, 0) is 20.8 Å². The first-order valence-corrected chi connectivity index (χ1v) is 6.83. The molecular weight excluding hydrogens is 272 g/mol. The van der Waals surface area contributed by atoms with Crippen LogP contribution in [0.5, 0.6) is 0 Å². The highest BCUT2D eigenvalue weighted by Gasteiger charge is 2.20. The molecule has 0 bridgehead atoms. The Morgan fingerprint density at radius 3 is 2.76 bits per heavy atom. The Morgan fingerprint density at radius 2 is 2.14 bits per heavy atom. The summed E-state index contributed by atoms with van der Waals surface area (Å²) in [4.78, 5) is 22.4. The first-order chi connectivity index (χ1) is 10.1. The zero-order chi connectivity index (χ0) is 15.4. The van der Waals surface area contributed by atoms with E-state index in [0.717, 1.165) is 0 Å². The Labute approximate surface area is 122 Å². The lowest BCUT2D eigenvalue weighted by Crippen LogP contribution is -2.41. The average Bonchev–Trinajstić information content (AvgIpc) is 2.96. The van der Waals surface area contributed by atoms with Gasteiger partial charge in [0.05, 0.1) is 11.6 Å². The van der Waals surface area contributed by atoms with E-state index < -0.39 is 6.04 Å². The maximum Gasteiger partial charge on any atom is 0.244 e. The van der Waals surface area contributed by atoms with E-state index in [9.17, 15) is 4.79 Å². The maximum absolute atomic E-state index is 12.3. The molecule has 1 unspecified atom stereocenters. The molecule has 9 heteroatoms. The summed E-state index contributed by atoms with van der Waals surface area (Å²) in [5.74, 6) is 6.12. The summed E-state index contributed by atoms with van der Waals surface area (Å²) in [5.41, 5.74) is 2.94. The van der Waals surface area contributed by atoms with Gasteiger partial charge < -0.3 is 10.2 Å². The number of carbonyl (C=O) groups excluding carboxylic acids is 1. The van der Waals surface area contributed by atoms with Crippen LogP contribution in [0.2, 0.25) is 0 Å². The highest BCUT2D eigenvalue weighted by molar-refractivity contribution is 5.90. The number of aromatic amines is 1. The maximum atomic E-state index is 12.3. The third-order valence-electron chi connectivity index (χ3n) is 3.24. The first-order valence-electron chi connectivity index (χ1n) is 6.83. The van der Waals surface area contributed by atoms with Gasteiger partial charge in [0.15, 0.2) is 5.65 Å². The number of anilines is 2. The Bertz CT molecular complexity index is 621. The number of hydrogen-bond donors (Lipinski definition) is 4. The largest absolute Gasteiger partial charge is 0.358 e. The fraction of sp³-hybridized carbons (Fsp3) is 0.500. The first kappa shape index (κ1) is 15.0. The monoisotopic (exact) mass is 292 g/mol. The van der Waals surface area contributed by atoms with Crippen LogP contribution in [0, 0.1) is 0 Å². The lowest BCUT2D eigenvalue weighted by Gasteiger charge is -2.23. The molecule has 0 saturated heterocycles. The van der Waals surface area contributed by atoms with Crippen molar-refractivity contribution in [1.82, 2.24) is 25.1 Å². The molecule has 9 nitrogen and oxygen atoms in total. The second-order valence-corrected chi connectivity index (χ2v) is 4.55. The molecule has 1 atom stereocenters. The number of carbonyl (C=O) groups is 1. The topological polar surface area (TPSA) is 125 Å². The van der Waals surface area contributed by atoms with E-state index in [1.807, 2.05) is 13.8 Å². The molecule has 114 valence electrons. The zero-order valence-electron chi connectivity index (χ0n) is 12.3. The van der Waals surface area contributed by atoms with Crippen LogP contribution >= 0.6 is 0 Å². The highest BCUT2D eigenvalue weighted by atomic mass is 16.2. The van der Waals surface area contributed by atoms with Gasteiger partial charge in [-0.1, -0.05) is 0 Å². The Kier molecular flexibility index (Phi) is 4.53. The van der Waals surface area contributed by atoms with E-state index in [1.165, 1.54) is 0 Å². The molecule has 0 spiro atoms. The van der Waals surface area contributed by atoms with Gasteiger partial charge in [-0.3, -0.25) is 15.3 Å². The van der Waals surface area contributed by atoms with Crippen molar-refractivity contribution in [2.45, 2.75) is 26.8 Å². The van der Waals surface area contributed by atoms with Gasteiger partial charge in [0.1, 0.15) is 11.9 Å². The van der Waals surface area contributed by atoms with Crippen molar-refractivity contribution in [1.29, 1.82) is 0 Å². The number of hydrogen-bond acceptors (Lipinski definition) is 7. The lowest BCUT2D eigenvalue weighted by molar-refractivity contribution is -0.131. The van der Waals surface area contributed by atoms with E-state index in [4.69, 9.17) is 5.84 Å². The van der Waals surface area contributed by atoms with Crippen molar-refractivity contribution < 1.29 is 4.79 Å². The van der Waals surface area contributed by atoms with Crippen LogP contribution in [0.3, 0.4) is 0 Å². The Balaban J connectivity index is 2.26. The number of nitrogen functional groups attached to an aromatic ring is 1. The minimum atomic E-state index is -0.413. The number of rotatable bonds is 6. The molecule has 2 heterocycles. The van der Waals surface area contributed by atoms with Crippen LogP contribution in [-0.4, -0.2) is 50.1 Å². The number of nitrogens with one attached hydrogen (secondary N) is 3. The van der Waals surface area contributed by atoms with Gasteiger partial charge in [-0.2, -0.15) is 15.1 Å². The quantitative estimate of drug-likeness (QED) is 0.446. The molecule has 0 fully saturated rings. The highest BCUT2D eigenvalue weighted by Crippen LogP contribution is 2.20. The molecule has 21 heavy (non-hydrogen) atoms. The van der Waals surface area contributed by atoms with Crippen LogP contribution in [0.4, 0.5) is 11.8 Å². The normalized spacial score (nSPS) is 12.2. The molecule has 2 rings (SSSR count). The van der Waals surface area contributed by atoms with Crippen molar-refractivity contribution in [2.24, 2.45) is 5.84 Å². The van der Waals surface area contributed by atoms with Crippen LogP contribution < -0.4 is 16.6 Å². The molecule has 0 aliphatic heterocycles. The SMILES string of the molecule is CCN(CC)C(=O)C(C)Nc1nc(NN)nc2[nH]ncc12. The van der Waals surface area contributed by atoms with E-state index in [-0.39, 0.29) is 11.9 Å². The van der Waals surface area contributed by atoms with Crippen LogP contribution in [-0.2, 0) is 4.79 Å². The predicted octanol–water partition coefficient (Wildman–Crippen LogP) is 0.307. The second-order valence-electron chi connectivity index (χ2n) is 4.55. The fourth-order valence-electron chi connectivity index (χ4n) is 2.09. The van der Waals surface area contributed by atoms with Gasteiger partial charge >= 0.3 is 0 Å². The van der Waals surface area contributed by atoms with Crippen molar-refractivity contribution in [3.05, 3.63) is 6.20 Å². The fourth-order valence-corrected chi connectivity index (χ4v) is 2.09. The van der Waals surface area contributed by atoms with Crippen molar-refractivity contribution in [3.8, 4) is 0 Å². The van der Waals surface area contributed by atoms with Crippen LogP contribution in [0.15, 0.2) is 6.20 Å². The third kappa shape index (κ3) is 3.02. The number of amides is 1. The number of hydrazine groups is 1. The molecule has 0 aromatic carbocycles. The van der Waals surface area contributed by atoms with Gasteiger partial charge in [-0.25, -0.2) is 5.84 Å². The van der Waals surface area contributed by atoms with Crippen LogP contribution in [0.25, 0.3) is 11.0 Å². The minimum absolute atomic E-state index is 0.0116. The third-order valence-corrected chi connectivity index (χ3v) is 3.24. The van der Waals surface area contributed by atoms with E-state index in [0.29, 0.717) is 29.9 Å². The summed E-state index contributed by atoms with van der Waals surface area (Å²) < 4.78 is 0. The second kappa shape index (κ2) is 6.35. The smallest absolute Gasteiger partial charge is 0.244 e. The summed E-state index contributed by atoms with van der Waals surface area (Å²) >= 11 is 0. The standard InChI is InChI=1S/C12H20N8O/c1-4-20(5-2)11(21)7(3)15-9-8-6-14-19-10(8)17-12(16-9)18-13/h6-7H,4-5,13H2,1-3H3,(H3,14,15,16,17,18,19). The Morgan fingerprint density at radius 1 is 1.43 bits per heavy atom. The summed E-state index contributed by atoms with van der Waals surface area (Å²) in [6, 6.07) is -0.413. The van der Waals surface area contributed by atoms with Gasteiger partial charge in [0.2, 0.25) is 11.9 Å². The number of nitrogens with two attached hydrogens (primary N) is 1. The molecule has 0 aliphatic carbocycles. The van der Waals surface area contributed by atoms with Gasteiger partial charge in [-0.15, -0.1) is 0 Å². The molecular formula is C12H20N8O. The summed E-state index contributed by atoms with van der Waals surface area (Å²) in [6.07, 6.45) is 1.60. The van der Waals surface area contributed by atoms with E-state index in [2.05, 4.69) is 30.9 Å². The number of fused-ring (bicyclic) bond motifs is 1. The van der Waals surface area contributed by atoms with Crippen molar-refractivity contribution in [2.75, 3.05) is 23.8 Å². The zero-order valence-corrected chi connectivity index (χ0v) is 12.3. The molecule has 5 N–H and O–H groups in total. The average molecular weight is 292 g/mol. The number of likely N-dealkylation sites (N-methyl/N-ethyl adjacent to an activating group) is 1. The molecule has 2 aromatic heterocycles. The van der Waals surface area contributed by atoms with Crippen molar-refractivity contribution in [3.63, 3.8) is 0 Å². The molecule has 2 aromatic rings.